The fourth-order valence-electron chi connectivity index (χ4n) is 1.41. The van der Waals surface area contributed by atoms with E-state index in [0.29, 0.717) is 15.1 Å². The molecule has 0 fully saturated rings. The minimum Gasteiger partial charge on any atom is -0.389 e. The van der Waals surface area contributed by atoms with Gasteiger partial charge in [0.2, 0.25) is 0 Å². The van der Waals surface area contributed by atoms with Crippen LogP contribution in [0.4, 0.5) is 0 Å². The highest BCUT2D eigenvalue weighted by atomic mass is 35.5. The molecular weight excluding hydrogens is 289 g/mol. The Morgan fingerprint density at radius 2 is 2.00 bits per heavy atom. The monoisotopic (exact) mass is 299 g/mol. The highest BCUT2D eigenvalue weighted by molar-refractivity contribution is 7.99. The lowest BCUT2D eigenvalue weighted by Crippen LogP contribution is -1.91. The SMILES string of the molecule is C[C@H](O)c1ccc(Sc2ncccc2Cl)c(Cl)c1. The van der Waals surface area contributed by atoms with Crippen LogP contribution in [0.3, 0.4) is 0 Å². The van der Waals surface area contributed by atoms with Crippen LogP contribution in [0.2, 0.25) is 10.0 Å². The number of aromatic nitrogens is 1. The molecule has 0 radical (unpaired) electrons. The largest absolute Gasteiger partial charge is 0.389 e. The fourth-order valence-corrected chi connectivity index (χ4v) is 2.73. The molecule has 0 amide bonds. The third-order valence-corrected chi connectivity index (χ3v) is 4.31. The number of halogens is 2. The van der Waals surface area contributed by atoms with Crippen molar-refractivity contribution in [2.75, 3.05) is 0 Å². The number of hydrogen-bond donors (Lipinski definition) is 1. The highest BCUT2D eigenvalue weighted by Gasteiger charge is 2.09. The van der Waals surface area contributed by atoms with Gasteiger partial charge in [-0.2, -0.15) is 0 Å². The van der Waals surface area contributed by atoms with Crippen molar-refractivity contribution in [3.63, 3.8) is 0 Å². The van der Waals surface area contributed by atoms with Gasteiger partial charge in [0, 0.05) is 11.1 Å². The van der Waals surface area contributed by atoms with Gasteiger partial charge in [-0.25, -0.2) is 4.98 Å². The van der Waals surface area contributed by atoms with Crippen LogP contribution in [0, 0.1) is 0 Å². The Hall–Kier alpha value is -0.740. The van der Waals surface area contributed by atoms with E-state index in [4.69, 9.17) is 23.2 Å². The van der Waals surface area contributed by atoms with Gasteiger partial charge >= 0.3 is 0 Å². The molecule has 0 saturated heterocycles. The first-order chi connectivity index (χ1) is 8.58. The summed E-state index contributed by atoms with van der Waals surface area (Å²) in [6.45, 7) is 1.70. The number of aliphatic hydroxyl groups is 1. The van der Waals surface area contributed by atoms with E-state index < -0.39 is 6.10 Å². The first-order valence-electron chi connectivity index (χ1n) is 5.34. The van der Waals surface area contributed by atoms with Crippen molar-refractivity contribution in [2.45, 2.75) is 22.9 Å². The summed E-state index contributed by atoms with van der Waals surface area (Å²) >= 11 is 13.6. The lowest BCUT2D eigenvalue weighted by atomic mass is 10.1. The second-order valence-corrected chi connectivity index (χ2v) is 5.60. The minimum atomic E-state index is -0.528. The Balaban J connectivity index is 2.28. The molecule has 2 nitrogen and oxygen atoms in total. The molecule has 2 rings (SSSR count). The van der Waals surface area contributed by atoms with Crippen LogP contribution in [-0.2, 0) is 0 Å². The predicted molar refractivity (Wildman–Crippen MR) is 75.5 cm³/mol. The van der Waals surface area contributed by atoms with E-state index in [2.05, 4.69) is 4.98 Å². The number of nitrogens with zero attached hydrogens (tertiary/aromatic N) is 1. The first-order valence-corrected chi connectivity index (χ1v) is 6.91. The van der Waals surface area contributed by atoms with Gasteiger partial charge in [-0.15, -0.1) is 0 Å². The molecule has 0 aliphatic heterocycles. The first kappa shape index (κ1) is 13.7. The third-order valence-electron chi connectivity index (χ3n) is 2.37. The average molecular weight is 300 g/mol. The van der Waals surface area contributed by atoms with Crippen LogP contribution in [-0.4, -0.2) is 10.1 Å². The van der Waals surface area contributed by atoms with Crippen LogP contribution >= 0.6 is 35.0 Å². The van der Waals surface area contributed by atoms with E-state index in [0.717, 1.165) is 10.5 Å². The van der Waals surface area contributed by atoms with Crippen LogP contribution in [0.25, 0.3) is 0 Å². The zero-order valence-electron chi connectivity index (χ0n) is 9.60. The quantitative estimate of drug-likeness (QED) is 0.899. The van der Waals surface area contributed by atoms with E-state index >= 15 is 0 Å². The standard InChI is InChI=1S/C13H11Cl2NOS/c1-8(17)9-4-5-12(11(15)7-9)18-13-10(14)3-2-6-16-13/h2-8,17H,1H3/t8-/m0/s1. The summed E-state index contributed by atoms with van der Waals surface area (Å²) < 4.78 is 0. The molecule has 0 saturated carbocycles. The number of hydrogen-bond acceptors (Lipinski definition) is 3. The lowest BCUT2D eigenvalue weighted by molar-refractivity contribution is 0.199. The molecular formula is C13H11Cl2NOS. The summed E-state index contributed by atoms with van der Waals surface area (Å²) in [6, 6.07) is 9.03. The molecule has 1 heterocycles. The Bertz CT molecular complexity index is 560. The number of aliphatic hydroxyl groups excluding tert-OH is 1. The Morgan fingerprint density at radius 1 is 1.22 bits per heavy atom. The second kappa shape index (κ2) is 5.93. The summed E-state index contributed by atoms with van der Waals surface area (Å²) in [7, 11) is 0. The zero-order chi connectivity index (χ0) is 13.1. The van der Waals surface area contributed by atoms with E-state index in [9.17, 15) is 5.11 Å². The number of rotatable bonds is 3. The molecule has 0 bridgehead atoms. The number of benzene rings is 1. The average Bonchev–Trinajstić information content (AvgIpc) is 2.34. The molecule has 1 atom stereocenters. The van der Waals surface area contributed by atoms with Gasteiger partial charge in [-0.3, -0.25) is 0 Å². The van der Waals surface area contributed by atoms with Gasteiger partial charge in [0.05, 0.1) is 16.1 Å². The molecule has 2 aromatic rings. The smallest absolute Gasteiger partial charge is 0.119 e. The van der Waals surface area contributed by atoms with Gasteiger partial charge in [0.25, 0.3) is 0 Å². The maximum atomic E-state index is 9.47. The summed E-state index contributed by atoms with van der Waals surface area (Å²) in [4.78, 5) is 5.06. The molecule has 5 heteroatoms. The van der Waals surface area contributed by atoms with Crippen molar-refractivity contribution in [1.29, 1.82) is 0 Å². The Kier molecular flexibility index (Phi) is 4.51. The molecule has 94 valence electrons. The van der Waals surface area contributed by atoms with Crippen molar-refractivity contribution in [3.05, 3.63) is 52.1 Å². The van der Waals surface area contributed by atoms with Gasteiger partial charge in [0.15, 0.2) is 0 Å². The van der Waals surface area contributed by atoms with Gasteiger partial charge in [0.1, 0.15) is 5.03 Å². The topological polar surface area (TPSA) is 33.1 Å². The van der Waals surface area contributed by atoms with E-state index in [1.165, 1.54) is 11.8 Å². The summed E-state index contributed by atoms with van der Waals surface area (Å²) in [5.41, 5.74) is 0.788. The molecule has 0 aliphatic carbocycles. The maximum Gasteiger partial charge on any atom is 0.119 e. The van der Waals surface area contributed by atoms with Crippen molar-refractivity contribution in [1.82, 2.24) is 4.98 Å². The predicted octanol–water partition coefficient (Wildman–Crippen LogP) is 4.59. The Morgan fingerprint density at radius 3 is 2.61 bits per heavy atom. The van der Waals surface area contributed by atoms with Crippen LogP contribution in [0.15, 0.2) is 46.5 Å². The van der Waals surface area contributed by atoms with Crippen LogP contribution < -0.4 is 0 Å². The molecule has 1 aromatic heterocycles. The summed E-state index contributed by atoms with van der Waals surface area (Å²) in [5, 5.41) is 11.4. The van der Waals surface area contributed by atoms with Crippen LogP contribution in [0.1, 0.15) is 18.6 Å². The summed E-state index contributed by atoms with van der Waals surface area (Å²) in [5.74, 6) is 0. The van der Waals surface area contributed by atoms with E-state index in [1.54, 1.807) is 31.3 Å². The fraction of sp³-hybridized carbons (Fsp3) is 0.154. The lowest BCUT2D eigenvalue weighted by Gasteiger charge is -2.09. The van der Waals surface area contributed by atoms with Crippen molar-refractivity contribution < 1.29 is 5.11 Å². The highest BCUT2D eigenvalue weighted by Crippen LogP contribution is 2.36. The van der Waals surface area contributed by atoms with E-state index in [-0.39, 0.29) is 0 Å². The van der Waals surface area contributed by atoms with Crippen LogP contribution in [0.5, 0.6) is 0 Å². The number of pyridine rings is 1. The molecule has 1 N–H and O–H groups in total. The van der Waals surface area contributed by atoms with Gasteiger partial charge in [-0.1, -0.05) is 41.0 Å². The Labute approximate surface area is 120 Å². The van der Waals surface area contributed by atoms with Crippen molar-refractivity contribution in [3.8, 4) is 0 Å². The third kappa shape index (κ3) is 3.18. The van der Waals surface area contributed by atoms with Gasteiger partial charge in [-0.05, 0) is 36.8 Å². The zero-order valence-corrected chi connectivity index (χ0v) is 11.9. The van der Waals surface area contributed by atoms with Crippen molar-refractivity contribution in [2.24, 2.45) is 0 Å². The molecule has 0 unspecified atom stereocenters. The molecule has 1 aromatic carbocycles. The second-order valence-electron chi connectivity index (χ2n) is 3.76. The molecule has 0 spiro atoms. The normalized spacial score (nSPS) is 12.4. The van der Waals surface area contributed by atoms with Gasteiger partial charge < -0.3 is 5.11 Å². The minimum absolute atomic E-state index is 0.528. The maximum absolute atomic E-state index is 9.47. The van der Waals surface area contributed by atoms with Crippen molar-refractivity contribution >= 4 is 35.0 Å². The molecule has 0 aliphatic rings. The van der Waals surface area contributed by atoms with E-state index in [1.807, 2.05) is 12.1 Å². The summed E-state index contributed by atoms with van der Waals surface area (Å²) in [6.07, 6.45) is 1.16. The molecule has 18 heavy (non-hydrogen) atoms.